The summed E-state index contributed by atoms with van der Waals surface area (Å²) in [6.07, 6.45) is 23.5. The van der Waals surface area contributed by atoms with Crippen molar-refractivity contribution < 1.29 is 39.2 Å². The standard InChI is InChI=1S/C36H66O8/c1-4-5-6-19-23-26-31(37)32(44-34(40)29-36(43,35(41)42)28-33(38)39)27-24-21-18-16-14-12-10-8-7-9-11-13-15-17-20-22-25-30(2)3/h30,32,43H,4-29H2,1-3H3,(H,38,39)(H,41,42). The molecule has 2 atom stereocenters. The number of unbranched alkanes of at least 4 members (excludes halogenated alkanes) is 19. The van der Waals surface area contributed by atoms with Gasteiger partial charge in [0.2, 0.25) is 0 Å². The van der Waals surface area contributed by atoms with E-state index in [1.165, 1.54) is 83.5 Å². The third-order valence-electron chi connectivity index (χ3n) is 8.44. The second-order valence-electron chi connectivity index (χ2n) is 13.3. The van der Waals surface area contributed by atoms with Gasteiger partial charge in [-0.05, 0) is 25.2 Å². The molecule has 0 aromatic heterocycles. The van der Waals surface area contributed by atoms with Gasteiger partial charge in [0.05, 0.1) is 12.8 Å². The maximum atomic E-state index is 12.9. The fourth-order valence-electron chi connectivity index (χ4n) is 5.61. The zero-order chi connectivity index (χ0) is 33.1. The highest BCUT2D eigenvalue weighted by molar-refractivity contribution is 5.90. The van der Waals surface area contributed by atoms with Crippen LogP contribution in [0, 0.1) is 5.92 Å². The molecule has 0 saturated carbocycles. The van der Waals surface area contributed by atoms with Crippen LogP contribution in [0.25, 0.3) is 0 Å². The largest absolute Gasteiger partial charge is 0.481 e. The van der Waals surface area contributed by atoms with Crippen molar-refractivity contribution in [3.63, 3.8) is 0 Å². The minimum absolute atomic E-state index is 0.200. The van der Waals surface area contributed by atoms with Crippen LogP contribution in [-0.2, 0) is 23.9 Å². The molecular formula is C36H66O8. The highest BCUT2D eigenvalue weighted by Gasteiger charge is 2.42. The fraction of sp³-hybridized carbons (Fsp3) is 0.889. The van der Waals surface area contributed by atoms with Crippen LogP contribution in [0.5, 0.6) is 0 Å². The predicted molar refractivity (Wildman–Crippen MR) is 176 cm³/mol. The van der Waals surface area contributed by atoms with E-state index in [-0.39, 0.29) is 12.2 Å². The zero-order valence-electron chi connectivity index (χ0n) is 28.4. The van der Waals surface area contributed by atoms with Gasteiger partial charge < -0.3 is 20.1 Å². The maximum absolute atomic E-state index is 12.9. The van der Waals surface area contributed by atoms with Crippen molar-refractivity contribution in [2.75, 3.05) is 0 Å². The van der Waals surface area contributed by atoms with Crippen LogP contribution in [0.3, 0.4) is 0 Å². The van der Waals surface area contributed by atoms with Crippen molar-refractivity contribution >= 4 is 23.7 Å². The first-order chi connectivity index (χ1) is 21.0. The predicted octanol–water partition coefficient (Wildman–Crippen LogP) is 9.19. The highest BCUT2D eigenvalue weighted by Crippen LogP contribution is 2.21. The molecule has 8 heteroatoms. The van der Waals surface area contributed by atoms with E-state index in [0.29, 0.717) is 19.3 Å². The normalized spacial score (nSPS) is 13.5. The van der Waals surface area contributed by atoms with Crippen molar-refractivity contribution in [2.45, 2.75) is 199 Å². The summed E-state index contributed by atoms with van der Waals surface area (Å²) in [6.45, 7) is 6.71. The summed E-state index contributed by atoms with van der Waals surface area (Å²) in [5.41, 5.74) is -2.77. The Morgan fingerprint density at radius 2 is 1.00 bits per heavy atom. The van der Waals surface area contributed by atoms with Crippen LogP contribution >= 0.6 is 0 Å². The Labute approximate surface area is 268 Å². The second kappa shape index (κ2) is 27.4. The number of ketones is 1. The van der Waals surface area contributed by atoms with E-state index in [0.717, 1.165) is 50.9 Å². The number of esters is 1. The molecule has 0 heterocycles. The Morgan fingerprint density at radius 3 is 1.41 bits per heavy atom. The molecule has 0 aliphatic carbocycles. The molecule has 0 bridgehead atoms. The van der Waals surface area contributed by atoms with Crippen molar-refractivity contribution in [2.24, 2.45) is 5.92 Å². The number of carboxylic acids is 2. The lowest BCUT2D eigenvalue weighted by Gasteiger charge is -2.22. The van der Waals surface area contributed by atoms with E-state index in [4.69, 9.17) is 9.84 Å². The molecule has 0 aliphatic heterocycles. The first kappa shape index (κ1) is 42.0. The number of rotatable bonds is 32. The number of ether oxygens (including phenoxy) is 1. The molecule has 258 valence electrons. The molecule has 0 radical (unpaired) electrons. The molecule has 0 rings (SSSR count). The molecule has 0 spiro atoms. The van der Waals surface area contributed by atoms with Crippen molar-refractivity contribution in [3.05, 3.63) is 0 Å². The fourth-order valence-corrected chi connectivity index (χ4v) is 5.61. The summed E-state index contributed by atoms with van der Waals surface area (Å²) < 4.78 is 5.35. The summed E-state index contributed by atoms with van der Waals surface area (Å²) in [5, 5.41) is 28.4. The van der Waals surface area contributed by atoms with E-state index in [1.807, 2.05) is 0 Å². The molecular weight excluding hydrogens is 560 g/mol. The van der Waals surface area contributed by atoms with Crippen LogP contribution in [-0.4, -0.2) is 50.7 Å². The number of aliphatic carboxylic acids is 2. The Bertz CT molecular complexity index is 765. The molecule has 0 aromatic rings. The van der Waals surface area contributed by atoms with Gasteiger partial charge in [-0.25, -0.2) is 4.79 Å². The van der Waals surface area contributed by atoms with E-state index in [2.05, 4.69) is 20.8 Å². The van der Waals surface area contributed by atoms with Gasteiger partial charge in [0, 0.05) is 6.42 Å². The van der Waals surface area contributed by atoms with Gasteiger partial charge in [-0.1, -0.05) is 149 Å². The number of hydrogen-bond acceptors (Lipinski definition) is 6. The molecule has 0 fully saturated rings. The SMILES string of the molecule is CCCCCCCC(=O)C(CCCCCCCCCCCCCCCCCCC(C)C)OC(=O)CC(O)(CC(=O)O)C(=O)O. The van der Waals surface area contributed by atoms with Gasteiger partial charge in [0.1, 0.15) is 0 Å². The number of aliphatic hydroxyl groups is 1. The van der Waals surface area contributed by atoms with E-state index in [1.54, 1.807) is 0 Å². The minimum atomic E-state index is -2.77. The summed E-state index contributed by atoms with van der Waals surface area (Å²) >= 11 is 0. The number of carbonyl (C=O) groups is 4. The average Bonchev–Trinajstić information content (AvgIpc) is 2.94. The maximum Gasteiger partial charge on any atom is 0.336 e. The van der Waals surface area contributed by atoms with Gasteiger partial charge in [-0.3, -0.25) is 14.4 Å². The van der Waals surface area contributed by atoms with Crippen molar-refractivity contribution in [1.29, 1.82) is 0 Å². The molecule has 0 amide bonds. The van der Waals surface area contributed by atoms with Crippen LogP contribution in [0.2, 0.25) is 0 Å². The first-order valence-corrected chi connectivity index (χ1v) is 17.9. The summed E-state index contributed by atoms with van der Waals surface area (Å²) in [5.74, 6) is -3.80. The van der Waals surface area contributed by atoms with Crippen LogP contribution in [0.15, 0.2) is 0 Å². The number of carboxylic acid groups (broad SMARTS) is 2. The Hall–Kier alpha value is -1.96. The lowest BCUT2D eigenvalue weighted by Crippen LogP contribution is -2.44. The summed E-state index contributed by atoms with van der Waals surface area (Å²) in [7, 11) is 0. The van der Waals surface area contributed by atoms with Gasteiger partial charge in [0.25, 0.3) is 0 Å². The Morgan fingerprint density at radius 1 is 0.591 bits per heavy atom. The molecule has 0 aromatic carbocycles. The first-order valence-electron chi connectivity index (χ1n) is 17.9. The van der Waals surface area contributed by atoms with E-state index in [9.17, 15) is 29.4 Å². The number of carbonyl (C=O) groups excluding carboxylic acids is 2. The van der Waals surface area contributed by atoms with Gasteiger partial charge in [0.15, 0.2) is 17.5 Å². The minimum Gasteiger partial charge on any atom is -0.481 e. The molecule has 2 unspecified atom stereocenters. The molecule has 3 N–H and O–H groups in total. The molecule has 0 aliphatic rings. The Kier molecular flexibility index (Phi) is 26.1. The third kappa shape index (κ3) is 24.4. The quantitative estimate of drug-likeness (QED) is 0.0496. The summed E-state index contributed by atoms with van der Waals surface area (Å²) in [4.78, 5) is 47.8. The lowest BCUT2D eigenvalue weighted by molar-refractivity contribution is -0.174. The molecule has 8 nitrogen and oxygen atoms in total. The van der Waals surface area contributed by atoms with Gasteiger partial charge >= 0.3 is 17.9 Å². The van der Waals surface area contributed by atoms with Gasteiger partial charge in [-0.15, -0.1) is 0 Å². The van der Waals surface area contributed by atoms with Crippen LogP contribution in [0.4, 0.5) is 0 Å². The Balaban J connectivity index is 4.25. The lowest BCUT2D eigenvalue weighted by atomic mass is 9.95. The smallest absolute Gasteiger partial charge is 0.336 e. The topological polar surface area (TPSA) is 138 Å². The van der Waals surface area contributed by atoms with Gasteiger partial charge in [-0.2, -0.15) is 0 Å². The molecule has 44 heavy (non-hydrogen) atoms. The van der Waals surface area contributed by atoms with Crippen LogP contribution < -0.4 is 0 Å². The van der Waals surface area contributed by atoms with Crippen LogP contribution in [0.1, 0.15) is 188 Å². The second-order valence-corrected chi connectivity index (χ2v) is 13.3. The van der Waals surface area contributed by atoms with Crippen molar-refractivity contribution in [1.82, 2.24) is 0 Å². The number of hydrogen-bond donors (Lipinski definition) is 3. The molecule has 0 saturated heterocycles. The third-order valence-corrected chi connectivity index (χ3v) is 8.44. The zero-order valence-corrected chi connectivity index (χ0v) is 28.4. The van der Waals surface area contributed by atoms with E-state index >= 15 is 0 Å². The average molecular weight is 627 g/mol. The number of Topliss-reactive ketones (excluding diaryl/α,β-unsaturated/α-hetero) is 1. The monoisotopic (exact) mass is 626 g/mol. The summed E-state index contributed by atoms with van der Waals surface area (Å²) in [6, 6.07) is 0. The highest BCUT2D eigenvalue weighted by atomic mass is 16.5. The van der Waals surface area contributed by atoms with E-state index < -0.39 is 42.5 Å². The van der Waals surface area contributed by atoms with Crippen molar-refractivity contribution in [3.8, 4) is 0 Å².